The standard InChI is InChI=1S/C73H44N6.C25H12F4N2.C18H14BNO2.C7BrF4N/c74-45-58-70(76-61-36-13-3-26-50(61)51-27-4-14-37-62(51)76)72(78-65-40-17-7-30-54(65)55-31-8-18-41-66(55)78)69(46-22-21-23-47(44-46)75-59-34-11-1-24-48(59)49-25-2-12-35-60(49)75)73(79-67-42-19-9-32-56(67)57-33-10-20-43-68(57)79)71(58)77-63-38-15-5-28-52(63)53-29-6-16-39-64(53)77;26-22-18(13-30)23(27)25(29)21(24(22)28)14-6-5-7-15(12-14)31-19-10-3-1-8-16(19)17-9-2-4-11-20(17)31;21-19(22)13-6-5-7-14(12-13)20-17-10-3-1-8-15(17)16-9-2-4-11-18(16)20;8-3-6(11)4(9)2(1-13)5(10)7(3)12/h1-44H;1-12H;1-12,21-22H;. The molecular weight excluding hydrogens is 1890 g/mol. The van der Waals surface area contributed by atoms with Crippen LogP contribution in [0.25, 0.3) is 215 Å². The van der Waals surface area contributed by atoms with Gasteiger partial charge in [-0.05, 0) is 154 Å². The van der Waals surface area contributed by atoms with E-state index in [9.17, 15) is 50.4 Å². The molecule has 7 aromatic heterocycles. The summed E-state index contributed by atoms with van der Waals surface area (Å²) < 4.78 is 123. The van der Waals surface area contributed by atoms with Crippen LogP contribution in [0.2, 0.25) is 0 Å². The Morgan fingerprint density at radius 3 is 0.621 bits per heavy atom. The first-order valence-corrected chi connectivity index (χ1v) is 47.2. The molecule has 20 aromatic carbocycles. The third kappa shape index (κ3) is 14.1. The zero-order valence-corrected chi connectivity index (χ0v) is 77.7. The highest BCUT2D eigenvalue weighted by atomic mass is 79.9. The molecule has 2 N–H and O–H groups in total. The van der Waals surface area contributed by atoms with Gasteiger partial charge in [-0.1, -0.05) is 291 Å². The zero-order valence-electron chi connectivity index (χ0n) is 76.1. The second-order valence-corrected chi connectivity index (χ2v) is 35.9. The normalized spacial score (nSPS) is 11.5. The maximum Gasteiger partial charge on any atom is 0.488 e. The van der Waals surface area contributed by atoms with Crippen LogP contribution in [0.1, 0.15) is 16.7 Å². The van der Waals surface area contributed by atoms with Gasteiger partial charge in [-0.3, -0.25) is 0 Å². The topological polar surface area (TPSA) is 146 Å². The first-order valence-electron chi connectivity index (χ1n) is 46.4. The Morgan fingerprint density at radius 1 is 0.200 bits per heavy atom. The molecule has 7 heterocycles. The van der Waals surface area contributed by atoms with Crippen LogP contribution >= 0.6 is 15.9 Å². The molecule has 0 atom stereocenters. The summed E-state index contributed by atoms with van der Waals surface area (Å²) in [7, 11) is -1.46. The third-order valence-electron chi connectivity index (χ3n) is 27.4. The van der Waals surface area contributed by atoms with E-state index in [1.807, 2.05) is 95.6 Å². The van der Waals surface area contributed by atoms with E-state index < -0.39 is 74.8 Å². The fourth-order valence-electron chi connectivity index (χ4n) is 21.3. The van der Waals surface area contributed by atoms with E-state index in [1.165, 1.54) is 33.7 Å². The molecule has 690 valence electrons. The minimum atomic E-state index is -1.71. The lowest BCUT2D eigenvalue weighted by atomic mass is 9.80. The molecular formula is C123H70BBrF8N10O2. The van der Waals surface area contributed by atoms with E-state index in [4.69, 9.17) is 10.5 Å². The van der Waals surface area contributed by atoms with Gasteiger partial charge >= 0.3 is 7.12 Å². The number of aromatic nitrogens is 7. The average Bonchev–Trinajstić information content (AvgIpc) is 1.55. The van der Waals surface area contributed by atoms with Gasteiger partial charge in [0.2, 0.25) is 0 Å². The summed E-state index contributed by atoms with van der Waals surface area (Å²) in [5.41, 5.74) is 19.8. The first kappa shape index (κ1) is 89.0. The Bertz CT molecular complexity index is 9570. The molecule has 0 aliphatic carbocycles. The second kappa shape index (κ2) is 35.9. The lowest BCUT2D eigenvalue weighted by Crippen LogP contribution is -2.29. The van der Waals surface area contributed by atoms with Gasteiger partial charge in [-0.25, -0.2) is 35.1 Å². The summed E-state index contributed by atoms with van der Waals surface area (Å²) in [5, 5.41) is 64.4. The number of fused-ring (bicyclic) bond motifs is 21. The van der Waals surface area contributed by atoms with Crippen molar-refractivity contribution in [1.82, 2.24) is 32.0 Å². The molecule has 145 heavy (non-hydrogen) atoms. The molecule has 0 spiro atoms. The van der Waals surface area contributed by atoms with Gasteiger partial charge in [-0.2, -0.15) is 15.8 Å². The number of benzene rings is 20. The van der Waals surface area contributed by atoms with Gasteiger partial charge in [0.15, 0.2) is 46.5 Å². The summed E-state index contributed by atoms with van der Waals surface area (Å²) >= 11 is 2.30. The summed E-state index contributed by atoms with van der Waals surface area (Å²) in [4.78, 5) is 0. The fraction of sp³-hybridized carbons (Fsp3) is 0. The lowest BCUT2D eigenvalue weighted by molar-refractivity contribution is 0.425. The van der Waals surface area contributed by atoms with Gasteiger partial charge in [0, 0.05) is 98.0 Å². The zero-order chi connectivity index (χ0) is 98.8. The van der Waals surface area contributed by atoms with Crippen molar-refractivity contribution in [2.75, 3.05) is 0 Å². The van der Waals surface area contributed by atoms with E-state index >= 15 is 0 Å². The van der Waals surface area contributed by atoms with Crippen molar-refractivity contribution in [2.45, 2.75) is 0 Å². The summed E-state index contributed by atoms with van der Waals surface area (Å²) in [6.45, 7) is 0. The van der Waals surface area contributed by atoms with Gasteiger partial charge in [0.25, 0.3) is 0 Å². The van der Waals surface area contributed by atoms with Crippen LogP contribution in [0.4, 0.5) is 35.1 Å². The number of hydrogen-bond donors (Lipinski definition) is 2. The van der Waals surface area contributed by atoms with Crippen molar-refractivity contribution >= 4 is 181 Å². The Hall–Kier alpha value is -18.6. The Morgan fingerprint density at radius 2 is 0.393 bits per heavy atom. The minimum Gasteiger partial charge on any atom is -0.423 e. The molecule has 0 radical (unpaired) electrons. The van der Waals surface area contributed by atoms with E-state index in [-0.39, 0.29) is 5.56 Å². The van der Waals surface area contributed by atoms with Gasteiger partial charge in [0.05, 0.1) is 110 Å². The van der Waals surface area contributed by atoms with Gasteiger partial charge in [0.1, 0.15) is 34.9 Å². The highest BCUT2D eigenvalue weighted by Crippen LogP contribution is 2.54. The van der Waals surface area contributed by atoms with Crippen molar-refractivity contribution < 1.29 is 45.2 Å². The summed E-state index contributed by atoms with van der Waals surface area (Å²) in [6.07, 6.45) is 0. The summed E-state index contributed by atoms with van der Waals surface area (Å²) in [6, 6.07) is 147. The maximum atomic E-state index is 14.6. The van der Waals surface area contributed by atoms with E-state index in [2.05, 4.69) is 341 Å². The molecule has 0 unspecified atom stereocenters. The predicted octanol–water partition coefficient (Wildman–Crippen LogP) is 30.9. The molecule has 0 bridgehead atoms. The number of rotatable bonds is 10. The molecule has 22 heteroatoms. The number of nitrogens with zero attached hydrogens (tertiary/aromatic N) is 10. The van der Waals surface area contributed by atoms with E-state index in [1.54, 1.807) is 18.2 Å². The first-order chi connectivity index (χ1) is 71.0. The van der Waals surface area contributed by atoms with Crippen molar-refractivity contribution in [1.29, 1.82) is 15.8 Å². The second-order valence-electron chi connectivity index (χ2n) is 35.1. The summed E-state index contributed by atoms with van der Waals surface area (Å²) in [5.74, 6) is -13.3. The molecule has 0 aliphatic rings. The van der Waals surface area contributed by atoms with E-state index in [0.29, 0.717) is 16.7 Å². The van der Waals surface area contributed by atoms with Crippen molar-refractivity contribution in [3.8, 4) is 80.3 Å². The Labute approximate surface area is 829 Å². The van der Waals surface area contributed by atoms with Crippen LogP contribution in [-0.4, -0.2) is 49.1 Å². The average molecular weight is 1960 g/mol. The van der Waals surface area contributed by atoms with Crippen molar-refractivity contribution in [2.24, 2.45) is 0 Å². The van der Waals surface area contributed by atoms with Crippen LogP contribution in [0.3, 0.4) is 0 Å². The molecule has 0 amide bonds. The SMILES string of the molecule is N#Cc1c(-n2c3ccccc3c3ccccc32)c(-n2c3ccccc3c3ccccc32)c(-c2cccc(-n3c4ccccc4c4ccccc43)c2)c(-n2c3ccccc3c3ccccc32)c1-n1c2ccccc2c2ccccc21.N#Cc1c(F)c(F)c(-c2cccc(-n3c4ccccc4c4ccccc43)c2)c(F)c1F.N#Cc1c(F)c(F)c(Br)c(F)c1F.OB(O)c1cccc(-n2c3ccccc3c3ccccc32)c1. The highest BCUT2D eigenvalue weighted by Gasteiger charge is 2.37. The molecule has 0 saturated heterocycles. The van der Waals surface area contributed by atoms with Crippen LogP contribution in [0.5, 0.6) is 0 Å². The van der Waals surface area contributed by atoms with Crippen molar-refractivity contribution in [3.63, 3.8) is 0 Å². The highest BCUT2D eigenvalue weighted by molar-refractivity contribution is 9.10. The predicted molar refractivity (Wildman–Crippen MR) is 568 cm³/mol. The Kier molecular flexibility index (Phi) is 22.1. The van der Waals surface area contributed by atoms with Crippen LogP contribution in [-0.2, 0) is 0 Å². The monoisotopic (exact) mass is 1960 g/mol. The smallest absolute Gasteiger partial charge is 0.423 e. The molecule has 27 aromatic rings. The van der Waals surface area contributed by atoms with Gasteiger partial charge < -0.3 is 42.0 Å². The molecule has 0 saturated carbocycles. The number of para-hydroxylation sites is 14. The van der Waals surface area contributed by atoms with Crippen molar-refractivity contribution in [3.05, 3.63) is 480 Å². The van der Waals surface area contributed by atoms with Crippen LogP contribution in [0, 0.1) is 80.5 Å². The lowest BCUT2D eigenvalue weighted by Gasteiger charge is -2.29. The Balaban J connectivity index is 0.000000138. The maximum absolute atomic E-state index is 14.6. The largest absolute Gasteiger partial charge is 0.488 e. The molecule has 0 aliphatic heterocycles. The molecule has 12 nitrogen and oxygen atoms in total. The number of hydrogen-bond acceptors (Lipinski definition) is 5. The van der Waals surface area contributed by atoms with E-state index in [0.717, 1.165) is 188 Å². The van der Waals surface area contributed by atoms with Crippen LogP contribution < -0.4 is 5.46 Å². The number of halogens is 9. The fourth-order valence-corrected chi connectivity index (χ4v) is 21.7. The molecule has 0 fully saturated rings. The van der Waals surface area contributed by atoms with Gasteiger partial charge in [-0.15, -0.1) is 0 Å². The number of nitriles is 3. The third-order valence-corrected chi connectivity index (χ3v) is 28.1. The van der Waals surface area contributed by atoms with Crippen LogP contribution in [0.15, 0.2) is 417 Å². The molecule has 27 rings (SSSR count). The minimum absolute atomic E-state index is 0.0448. The quantitative estimate of drug-likeness (QED) is 0.0606.